The molecule has 0 aromatic rings. The Balaban J connectivity index is 3.30. The average molecular weight is 187 g/mol. The summed E-state index contributed by atoms with van der Waals surface area (Å²) in [4.78, 5) is 11.1. The van der Waals surface area contributed by atoms with Gasteiger partial charge in [-0.2, -0.15) is 0 Å². The highest BCUT2D eigenvalue weighted by Gasteiger charge is 2.03. The van der Waals surface area contributed by atoms with Gasteiger partial charge in [0.2, 0.25) is 5.91 Å². The van der Waals surface area contributed by atoms with Gasteiger partial charge in [0.25, 0.3) is 0 Å². The van der Waals surface area contributed by atoms with Gasteiger partial charge in [-0.1, -0.05) is 13.8 Å². The highest BCUT2D eigenvalue weighted by atomic mass is 16.3. The number of carbonyl (C=O) groups excluding carboxylic acids is 1. The van der Waals surface area contributed by atoms with Crippen LogP contribution in [0.3, 0.4) is 0 Å². The second-order valence-corrected chi connectivity index (χ2v) is 3.92. The summed E-state index contributed by atoms with van der Waals surface area (Å²) in [7, 11) is 0. The van der Waals surface area contributed by atoms with Crippen molar-refractivity contribution in [3.05, 3.63) is 0 Å². The maximum Gasteiger partial charge on any atom is 0.220 e. The van der Waals surface area contributed by atoms with Gasteiger partial charge in [-0.25, -0.2) is 0 Å². The standard InChI is InChI=1S/C10H21NO2/c1-8(2)4-5-10(13)11-7-6-9(3)12/h8-9,12H,4-7H2,1-3H3,(H,11,13). The Morgan fingerprint density at radius 3 is 2.38 bits per heavy atom. The van der Waals surface area contributed by atoms with Crippen molar-refractivity contribution in [1.29, 1.82) is 0 Å². The van der Waals surface area contributed by atoms with Crippen LogP contribution >= 0.6 is 0 Å². The first kappa shape index (κ1) is 12.4. The van der Waals surface area contributed by atoms with E-state index in [1.165, 1.54) is 0 Å². The molecular weight excluding hydrogens is 166 g/mol. The Kier molecular flexibility index (Phi) is 6.59. The summed E-state index contributed by atoms with van der Waals surface area (Å²) in [5.41, 5.74) is 0. The number of amides is 1. The lowest BCUT2D eigenvalue weighted by atomic mass is 10.1. The number of carbonyl (C=O) groups is 1. The molecule has 13 heavy (non-hydrogen) atoms. The molecule has 0 aliphatic rings. The average Bonchev–Trinajstić information content (AvgIpc) is 2.00. The van der Waals surface area contributed by atoms with E-state index in [0.29, 0.717) is 25.3 Å². The fourth-order valence-electron chi connectivity index (χ4n) is 0.929. The fraction of sp³-hybridized carbons (Fsp3) is 0.900. The minimum atomic E-state index is -0.328. The van der Waals surface area contributed by atoms with Crippen LogP contribution in [0.25, 0.3) is 0 Å². The van der Waals surface area contributed by atoms with Crippen LogP contribution in [0.1, 0.15) is 40.0 Å². The van der Waals surface area contributed by atoms with Crippen molar-refractivity contribution in [3.8, 4) is 0 Å². The van der Waals surface area contributed by atoms with Crippen LogP contribution in [-0.2, 0) is 4.79 Å². The molecule has 1 amide bonds. The van der Waals surface area contributed by atoms with Crippen LogP contribution in [0.15, 0.2) is 0 Å². The summed E-state index contributed by atoms with van der Waals surface area (Å²) in [6, 6.07) is 0. The monoisotopic (exact) mass is 187 g/mol. The summed E-state index contributed by atoms with van der Waals surface area (Å²) < 4.78 is 0. The molecule has 3 nitrogen and oxygen atoms in total. The van der Waals surface area contributed by atoms with Crippen LogP contribution in [-0.4, -0.2) is 23.7 Å². The number of hydrogen-bond acceptors (Lipinski definition) is 2. The SMILES string of the molecule is CC(C)CCC(=O)NCCC(C)O. The summed E-state index contributed by atoms with van der Waals surface area (Å²) in [5.74, 6) is 0.664. The highest BCUT2D eigenvalue weighted by molar-refractivity contribution is 5.75. The molecule has 0 fully saturated rings. The molecule has 0 heterocycles. The van der Waals surface area contributed by atoms with Crippen molar-refractivity contribution in [2.45, 2.75) is 46.1 Å². The van der Waals surface area contributed by atoms with Gasteiger partial charge in [-0.15, -0.1) is 0 Å². The Hall–Kier alpha value is -0.570. The third kappa shape index (κ3) is 9.34. The van der Waals surface area contributed by atoms with E-state index in [2.05, 4.69) is 19.2 Å². The second kappa shape index (κ2) is 6.89. The third-order valence-corrected chi connectivity index (χ3v) is 1.83. The summed E-state index contributed by atoms with van der Waals surface area (Å²) in [6.45, 7) is 6.50. The lowest BCUT2D eigenvalue weighted by Gasteiger charge is -2.07. The van der Waals surface area contributed by atoms with E-state index in [1.54, 1.807) is 6.92 Å². The fourth-order valence-corrected chi connectivity index (χ4v) is 0.929. The Bertz CT molecular complexity index is 144. The lowest BCUT2D eigenvalue weighted by molar-refractivity contribution is -0.121. The van der Waals surface area contributed by atoms with Crippen LogP contribution in [0.2, 0.25) is 0 Å². The lowest BCUT2D eigenvalue weighted by Crippen LogP contribution is -2.26. The van der Waals surface area contributed by atoms with Crippen molar-refractivity contribution in [2.75, 3.05) is 6.54 Å². The largest absolute Gasteiger partial charge is 0.393 e. The molecule has 0 aliphatic carbocycles. The van der Waals surface area contributed by atoms with E-state index < -0.39 is 0 Å². The number of aliphatic hydroxyl groups excluding tert-OH is 1. The van der Waals surface area contributed by atoms with Crippen LogP contribution in [0, 0.1) is 5.92 Å². The zero-order valence-electron chi connectivity index (χ0n) is 8.84. The van der Waals surface area contributed by atoms with E-state index in [1.807, 2.05) is 0 Å². The molecule has 0 bridgehead atoms. The zero-order valence-corrected chi connectivity index (χ0v) is 8.84. The smallest absolute Gasteiger partial charge is 0.220 e. The van der Waals surface area contributed by atoms with Gasteiger partial charge in [0.05, 0.1) is 6.10 Å². The predicted octanol–water partition coefficient (Wildman–Crippen LogP) is 1.31. The van der Waals surface area contributed by atoms with E-state index >= 15 is 0 Å². The molecule has 0 saturated carbocycles. The van der Waals surface area contributed by atoms with Gasteiger partial charge in [0, 0.05) is 13.0 Å². The van der Waals surface area contributed by atoms with Crippen LogP contribution < -0.4 is 5.32 Å². The molecule has 0 spiro atoms. The number of rotatable bonds is 6. The molecular formula is C10H21NO2. The molecule has 2 N–H and O–H groups in total. The number of aliphatic hydroxyl groups is 1. The molecule has 0 aromatic heterocycles. The highest BCUT2D eigenvalue weighted by Crippen LogP contribution is 2.02. The van der Waals surface area contributed by atoms with E-state index in [-0.39, 0.29) is 12.0 Å². The first-order valence-electron chi connectivity index (χ1n) is 4.97. The summed E-state index contributed by atoms with van der Waals surface area (Å²) in [5, 5.41) is 11.7. The van der Waals surface area contributed by atoms with E-state index in [0.717, 1.165) is 6.42 Å². The second-order valence-electron chi connectivity index (χ2n) is 3.92. The Labute approximate surface area is 80.5 Å². The minimum Gasteiger partial charge on any atom is -0.393 e. The maximum absolute atomic E-state index is 11.1. The van der Waals surface area contributed by atoms with Gasteiger partial charge in [-0.3, -0.25) is 4.79 Å². The van der Waals surface area contributed by atoms with Crippen molar-refractivity contribution in [1.82, 2.24) is 5.32 Å². The Morgan fingerprint density at radius 2 is 1.92 bits per heavy atom. The van der Waals surface area contributed by atoms with Gasteiger partial charge < -0.3 is 10.4 Å². The molecule has 0 radical (unpaired) electrons. The molecule has 1 unspecified atom stereocenters. The first-order chi connectivity index (χ1) is 6.02. The van der Waals surface area contributed by atoms with Crippen molar-refractivity contribution >= 4 is 5.91 Å². The van der Waals surface area contributed by atoms with Gasteiger partial charge >= 0.3 is 0 Å². The number of hydrogen-bond donors (Lipinski definition) is 2. The van der Waals surface area contributed by atoms with Crippen molar-refractivity contribution in [2.24, 2.45) is 5.92 Å². The summed E-state index contributed by atoms with van der Waals surface area (Å²) >= 11 is 0. The van der Waals surface area contributed by atoms with Gasteiger partial charge in [0.1, 0.15) is 0 Å². The normalized spacial score (nSPS) is 13.0. The minimum absolute atomic E-state index is 0.0920. The Morgan fingerprint density at radius 1 is 1.31 bits per heavy atom. The molecule has 78 valence electrons. The summed E-state index contributed by atoms with van der Waals surface area (Å²) in [6.07, 6.45) is 1.83. The zero-order chi connectivity index (χ0) is 10.3. The maximum atomic E-state index is 11.1. The van der Waals surface area contributed by atoms with Gasteiger partial charge in [0.15, 0.2) is 0 Å². The van der Waals surface area contributed by atoms with Gasteiger partial charge in [-0.05, 0) is 25.7 Å². The molecule has 0 saturated heterocycles. The third-order valence-electron chi connectivity index (χ3n) is 1.83. The molecule has 0 rings (SSSR count). The van der Waals surface area contributed by atoms with E-state index in [4.69, 9.17) is 5.11 Å². The number of nitrogens with one attached hydrogen (secondary N) is 1. The molecule has 0 aliphatic heterocycles. The predicted molar refractivity (Wildman–Crippen MR) is 53.4 cm³/mol. The molecule has 3 heteroatoms. The molecule has 1 atom stereocenters. The van der Waals surface area contributed by atoms with Crippen LogP contribution in [0.4, 0.5) is 0 Å². The molecule has 0 aromatic carbocycles. The first-order valence-corrected chi connectivity index (χ1v) is 4.97. The van der Waals surface area contributed by atoms with Crippen molar-refractivity contribution < 1.29 is 9.90 Å². The van der Waals surface area contributed by atoms with E-state index in [9.17, 15) is 4.79 Å². The van der Waals surface area contributed by atoms with Crippen molar-refractivity contribution in [3.63, 3.8) is 0 Å². The quantitative estimate of drug-likeness (QED) is 0.658. The van der Waals surface area contributed by atoms with Crippen LogP contribution in [0.5, 0.6) is 0 Å². The topological polar surface area (TPSA) is 49.3 Å².